The first-order valence-electron chi connectivity index (χ1n) is 12.9. The van der Waals surface area contributed by atoms with E-state index in [1.165, 1.54) is 70.5 Å². The molecule has 0 fully saturated rings. The van der Waals surface area contributed by atoms with Crippen LogP contribution < -0.4 is 0 Å². The molecule has 0 bridgehead atoms. The standard InChI is InChI=1S/C33H36N2/c1-5-19-33(20-6-2)31-23-25(11-15-27-9-7-21-34(27)3)13-17-29(31)30-18-14-26(24-32(30)33)12-16-28-10-8-22-35(28)4/h7-18,21-24H,5-6,19-20H2,1-4H3/b15-11+,16-12+. The van der Waals surface area contributed by atoms with Crippen LogP contribution in [0.2, 0.25) is 0 Å². The molecule has 1 aliphatic rings. The molecule has 0 aliphatic heterocycles. The number of aryl methyl sites for hydroxylation is 2. The maximum atomic E-state index is 2.46. The number of rotatable bonds is 8. The molecule has 0 N–H and O–H groups in total. The van der Waals surface area contributed by atoms with Crippen molar-refractivity contribution < 1.29 is 0 Å². The Kier molecular flexibility index (Phi) is 6.38. The van der Waals surface area contributed by atoms with Gasteiger partial charge in [0.2, 0.25) is 0 Å². The molecule has 2 aromatic carbocycles. The maximum Gasteiger partial charge on any atom is 0.0404 e. The van der Waals surface area contributed by atoms with Crippen LogP contribution in [0.25, 0.3) is 35.4 Å². The molecule has 2 nitrogen and oxygen atoms in total. The van der Waals surface area contributed by atoms with Gasteiger partial charge >= 0.3 is 0 Å². The highest BCUT2D eigenvalue weighted by atomic mass is 14.9. The molecule has 178 valence electrons. The quantitative estimate of drug-likeness (QED) is 0.249. The summed E-state index contributed by atoms with van der Waals surface area (Å²) < 4.78 is 4.31. The molecule has 4 aromatic rings. The molecule has 0 saturated carbocycles. The van der Waals surface area contributed by atoms with Gasteiger partial charge in [-0.2, -0.15) is 0 Å². The van der Waals surface area contributed by atoms with Gasteiger partial charge in [0, 0.05) is 43.3 Å². The Hall–Kier alpha value is -3.52. The minimum atomic E-state index is 0.0812. The van der Waals surface area contributed by atoms with Crippen LogP contribution in [-0.4, -0.2) is 9.13 Å². The Morgan fingerprint density at radius 2 is 1.09 bits per heavy atom. The Bertz CT molecular complexity index is 1280. The number of hydrogen-bond acceptors (Lipinski definition) is 0. The van der Waals surface area contributed by atoms with E-state index in [4.69, 9.17) is 0 Å². The van der Waals surface area contributed by atoms with Crippen LogP contribution in [0.5, 0.6) is 0 Å². The lowest BCUT2D eigenvalue weighted by Gasteiger charge is -2.32. The highest BCUT2D eigenvalue weighted by molar-refractivity contribution is 5.85. The van der Waals surface area contributed by atoms with Crippen molar-refractivity contribution in [1.82, 2.24) is 9.13 Å². The molecule has 2 heterocycles. The third kappa shape index (κ3) is 4.23. The van der Waals surface area contributed by atoms with E-state index in [0.29, 0.717) is 0 Å². The van der Waals surface area contributed by atoms with E-state index in [2.05, 4.69) is 134 Å². The van der Waals surface area contributed by atoms with E-state index in [-0.39, 0.29) is 5.41 Å². The first-order chi connectivity index (χ1) is 17.1. The fourth-order valence-electron chi connectivity index (χ4n) is 5.91. The minimum Gasteiger partial charge on any atom is -0.351 e. The Balaban J connectivity index is 1.58. The van der Waals surface area contributed by atoms with Crippen molar-refractivity contribution in [3.05, 3.63) is 107 Å². The second-order valence-corrected chi connectivity index (χ2v) is 9.95. The van der Waals surface area contributed by atoms with Gasteiger partial charge in [-0.3, -0.25) is 0 Å². The molecule has 0 unspecified atom stereocenters. The van der Waals surface area contributed by atoms with Gasteiger partial charge in [0.05, 0.1) is 0 Å². The van der Waals surface area contributed by atoms with Gasteiger partial charge in [-0.25, -0.2) is 0 Å². The average molecular weight is 461 g/mol. The van der Waals surface area contributed by atoms with Gasteiger partial charge in [-0.1, -0.05) is 75.2 Å². The Labute approximate surface area is 210 Å². The van der Waals surface area contributed by atoms with Crippen molar-refractivity contribution in [3.8, 4) is 11.1 Å². The lowest BCUT2D eigenvalue weighted by molar-refractivity contribution is 0.435. The molecular formula is C33H36N2. The molecule has 0 atom stereocenters. The molecular weight excluding hydrogens is 424 g/mol. The monoisotopic (exact) mass is 460 g/mol. The van der Waals surface area contributed by atoms with Crippen LogP contribution in [0.3, 0.4) is 0 Å². The van der Waals surface area contributed by atoms with Crippen molar-refractivity contribution in [2.45, 2.75) is 44.9 Å². The zero-order chi connectivity index (χ0) is 24.4. The summed E-state index contributed by atoms with van der Waals surface area (Å²) in [7, 11) is 4.19. The number of fused-ring (bicyclic) bond motifs is 3. The summed E-state index contributed by atoms with van der Waals surface area (Å²) in [4.78, 5) is 0. The molecule has 1 aliphatic carbocycles. The lowest BCUT2D eigenvalue weighted by Crippen LogP contribution is -2.25. The number of benzene rings is 2. The Morgan fingerprint density at radius 3 is 1.46 bits per heavy atom. The summed E-state index contributed by atoms with van der Waals surface area (Å²) in [6.45, 7) is 4.65. The third-order valence-electron chi connectivity index (χ3n) is 7.62. The summed E-state index contributed by atoms with van der Waals surface area (Å²) in [5, 5.41) is 0. The maximum absolute atomic E-state index is 2.46. The van der Waals surface area contributed by atoms with E-state index < -0.39 is 0 Å². The summed E-state index contributed by atoms with van der Waals surface area (Å²) in [5.74, 6) is 0. The van der Waals surface area contributed by atoms with Crippen LogP contribution in [0, 0.1) is 0 Å². The molecule has 2 aromatic heterocycles. The van der Waals surface area contributed by atoms with Crippen LogP contribution in [0.1, 0.15) is 73.2 Å². The predicted molar refractivity (Wildman–Crippen MR) is 151 cm³/mol. The minimum absolute atomic E-state index is 0.0812. The molecule has 0 amide bonds. The first kappa shape index (κ1) is 23.2. The zero-order valence-electron chi connectivity index (χ0n) is 21.5. The van der Waals surface area contributed by atoms with Crippen molar-refractivity contribution >= 4 is 24.3 Å². The van der Waals surface area contributed by atoms with Crippen molar-refractivity contribution in [1.29, 1.82) is 0 Å². The normalized spacial score (nSPS) is 14.2. The van der Waals surface area contributed by atoms with Crippen molar-refractivity contribution in [2.24, 2.45) is 14.1 Å². The van der Waals surface area contributed by atoms with Crippen molar-refractivity contribution in [2.75, 3.05) is 0 Å². The second-order valence-electron chi connectivity index (χ2n) is 9.95. The number of hydrogen-bond donors (Lipinski definition) is 0. The van der Waals surface area contributed by atoms with Gasteiger partial charge < -0.3 is 9.13 Å². The Morgan fingerprint density at radius 1 is 0.629 bits per heavy atom. The highest BCUT2D eigenvalue weighted by Gasteiger charge is 2.41. The summed E-state index contributed by atoms with van der Waals surface area (Å²) in [6, 6.07) is 22.7. The SMILES string of the molecule is CCCC1(CCC)c2cc(/C=C/c3cccn3C)ccc2-c2ccc(/C=C/c3cccn3C)cc21. The van der Waals surface area contributed by atoms with E-state index in [0.717, 1.165) is 0 Å². The van der Waals surface area contributed by atoms with Gasteiger partial charge in [-0.05, 0) is 82.6 Å². The lowest BCUT2D eigenvalue weighted by atomic mass is 9.71. The van der Waals surface area contributed by atoms with E-state index >= 15 is 0 Å². The van der Waals surface area contributed by atoms with E-state index in [1.807, 2.05) is 0 Å². The van der Waals surface area contributed by atoms with Gasteiger partial charge in [0.25, 0.3) is 0 Å². The smallest absolute Gasteiger partial charge is 0.0404 e. The van der Waals surface area contributed by atoms with Gasteiger partial charge in [0.15, 0.2) is 0 Å². The average Bonchev–Trinajstić information content (AvgIpc) is 3.54. The zero-order valence-corrected chi connectivity index (χ0v) is 21.5. The first-order valence-corrected chi connectivity index (χ1v) is 12.9. The van der Waals surface area contributed by atoms with E-state index in [1.54, 1.807) is 0 Å². The fourth-order valence-corrected chi connectivity index (χ4v) is 5.91. The van der Waals surface area contributed by atoms with Crippen LogP contribution in [0.15, 0.2) is 73.1 Å². The largest absolute Gasteiger partial charge is 0.351 e. The van der Waals surface area contributed by atoms with Crippen LogP contribution >= 0.6 is 0 Å². The summed E-state index contributed by atoms with van der Waals surface area (Å²) >= 11 is 0. The van der Waals surface area contributed by atoms with Crippen molar-refractivity contribution in [3.63, 3.8) is 0 Å². The number of nitrogens with zero attached hydrogens (tertiary/aromatic N) is 2. The topological polar surface area (TPSA) is 9.86 Å². The van der Waals surface area contributed by atoms with E-state index in [9.17, 15) is 0 Å². The molecule has 0 spiro atoms. The van der Waals surface area contributed by atoms with Crippen LogP contribution in [0.4, 0.5) is 0 Å². The predicted octanol–water partition coefficient (Wildman–Crippen LogP) is 8.57. The van der Waals surface area contributed by atoms with Crippen LogP contribution in [-0.2, 0) is 19.5 Å². The van der Waals surface area contributed by atoms with Gasteiger partial charge in [0.1, 0.15) is 0 Å². The summed E-state index contributed by atoms with van der Waals surface area (Å²) in [5.41, 5.74) is 10.9. The molecule has 0 saturated heterocycles. The second kappa shape index (κ2) is 9.62. The molecule has 0 radical (unpaired) electrons. The van der Waals surface area contributed by atoms with Gasteiger partial charge in [-0.15, -0.1) is 0 Å². The molecule has 2 heteroatoms. The fraction of sp³-hybridized carbons (Fsp3) is 0.273. The highest BCUT2D eigenvalue weighted by Crippen LogP contribution is 2.54. The third-order valence-corrected chi connectivity index (χ3v) is 7.62. The summed E-state index contributed by atoms with van der Waals surface area (Å²) in [6.07, 6.45) is 17.8. The molecule has 5 rings (SSSR count). The number of aromatic nitrogens is 2. The molecule has 35 heavy (non-hydrogen) atoms.